The Kier molecular flexibility index (Phi) is 12.2. The van der Waals surface area contributed by atoms with E-state index in [1.807, 2.05) is 0 Å². The molecule has 2 unspecified atom stereocenters. The van der Waals surface area contributed by atoms with Gasteiger partial charge in [-0.15, -0.1) is 0 Å². The van der Waals surface area contributed by atoms with Crippen LogP contribution >= 0.6 is 11.8 Å². The fourth-order valence-electron chi connectivity index (χ4n) is 3.50. The third-order valence-corrected chi connectivity index (χ3v) is 6.70. The molecule has 0 aliphatic heterocycles. The van der Waals surface area contributed by atoms with Crippen molar-refractivity contribution in [1.82, 2.24) is 0 Å². The Morgan fingerprint density at radius 1 is 1.23 bits per heavy atom. The molecule has 1 aliphatic carbocycles. The van der Waals surface area contributed by atoms with Crippen LogP contribution in [-0.2, 0) is 14.3 Å². The summed E-state index contributed by atoms with van der Waals surface area (Å²) in [6.45, 7) is 2.14. The first-order valence-electron chi connectivity index (χ1n) is 10.1. The summed E-state index contributed by atoms with van der Waals surface area (Å²) in [5.41, 5.74) is 0. The summed E-state index contributed by atoms with van der Waals surface area (Å²) in [6, 6.07) is 0. The Balaban J connectivity index is 2.28. The molecule has 2 N–H and O–H groups in total. The van der Waals surface area contributed by atoms with Gasteiger partial charge in [-0.1, -0.05) is 45.4 Å². The van der Waals surface area contributed by atoms with Crippen molar-refractivity contribution < 1.29 is 24.5 Å². The smallest absolute Gasteiger partial charge is 0.305 e. The number of hydrogen-bond donors (Lipinski definition) is 2. The second kappa shape index (κ2) is 13.6. The molecule has 0 radical (unpaired) electrons. The van der Waals surface area contributed by atoms with E-state index in [2.05, 4.69) is 11.7 Å². The fraction of sp³-hybridized carbons (Fsp3) is 0.900. The lowest BCUT2D eigenvalue weighted by Gasteiger charge is -2.22. The van der Waals surface area contributed by atoms with Gasteiger partial charge < -0.3 is 14.9 Å². The molecule has 0 aromatic heterocycles. The molecule has 1 fully saturated rings. The molecular formula is C20H36O5S. The Hall–Kier alpha value is -0.590. The molecular weight excluding hydrogens is 352 g/mol. The highest BCUT2D eigenvalue weighted by molar-refractivity contribution is 8.00. The van der Waals surface area contributed by atoms with Crippen molar-refractivity contribution >= 4 is 23.5 Å². The number of Topliss-reactive ketones (excluding diaryl/α,β-unsaturated/α-hetero) is 1. The van der Waals surface area contributed by atoms with E-state index in [1.54, 1.807) is 11.8 Å². The number of hydrogen-bond acceptors (Lipinski definition) is 6. The highest BCUT2D eigenvalue weighted by Gasteiger charge is 2.41. The van der Waals surface area contributed by atoms with Crippen LogP contribution in [0.5, 0.6) is 0 Å². The second-order valence-electron chi connectivity index (χ2n) is 7.32. The number of methoxy groups -OCH3 is 1. The van der Waals surface area contributed by atoms with Gasteiger partial charge in [0.05, 0.1) is 19.3 Å². The van der Waals surface area contributed by atoms with Gasteiger partial charge >= 0.3 is 5.97 Å². The zero-order chi connectivity index (χ0) is 19.4. The first-order chi connectivity index (χ1) is 12.5. The van der Waals surface area contributed by atoms with Gasteiger partial charge in [0.2, 0.25) is 0 Å². The topological polar surface area (TPSA) is 83.8 Å². The maximum absolute atomic E-state index is 12.2. The van der Waals surface area contributed by atoms with Crippen LogP contribution in [0.15, 0.2) is 0 Å². The summed E-state index contributed by atoms with van der Waals surface area (Å²) in [7, 11) is 1.40. The highest BCUT2D eigenvalue weighted by atomic mass is 32.2. The number of aliphatic hydroxyl groups excluding tert-OH is 2. The van der Waals surface area contributed by atoms with Crippen LogP contribution < -0.4 is 0 Å². The van der Waals surface area contributed by atoms with Crippen molar-refractivity contribution in [3.05, 3.63) is 0 Å². The van der Waals surface area contributed by atoms with E-state index in [0.29, 0.717) is 12.2 Å². The minimum atomic E-state index is -0.584. The molecule has 0 aromatic carbocycles. The largest absolute Gasteiger partial charge is 0.469 e. The molecule has 1 saturated carbocycles. The zero-order valence-corrected chi connectivity index (χ0v) is 17.1. The van der Waals surface area contributed by atoms with Gasteiger partial charge in [-0.3, -0.25) is 9.59 Å². The number of esters is 1. The molecule has 1 rings (SSSR count). The van der Waals surface area contributed by atoms with E-state index in [0.717, 1.165) is 57.8 Å². The number of unbranched alkanes of at least 4 members (excludes halogenated alkanes) is 5. The molecule has 26 heavy (non-hydrogen) atoms. The Morgan fingerprint density at radius 2 is 1.96 bits per heavy atom. The number of thioether (sulfide) groups is 1. The molecule has 0 bridgehead atoms. The quantitative estimate of drug-likeness (QED) is 0.350. The number of ketones is 1. The lowest BCUT2D eigenvalue weighted by atomic mass is 9.98. The van der Waals surface area contributed by atoms with Gasteiger partial charge in [0.15, 0.2) is 0 Å². The molecule has 1 aliphatic rings. The molecule has 0 spiro atoms. The maximum Gasteiger partial charge on any atom is 0.305 e. The third kappa shape index (κ3) is 8.87. The van der Waals surface area contributed by atoms with Crippen molar-refractivity contribution in [1.29, 1.82) is 0 Å². The van der Waals surface area contributed by atoms with Gasteiger partial charge in [0.1, 0.15) is 5.78 Å². The standard InChI is InChI=1S/C20H36O5S/c1-3-4-7-10-15(21)14-26-20-16(17(22)13-18(20)23)11-8-5-6-9-12-19(24)25-2/h15-16,18,20-21,23H,3-14H2,1-2H3/t15?,16-,18?,20+/m0/s1. The van der Waals surface area contributed by atoms with Crippen LogP contribution in [0.1, 0.15) is 77.6 Å². The van der Waals surface area contributed by atoms with Crippen LogP contribution in [0.3, 0.4) is 0 Å². The van der Waals surface area contributed by atoms with Gasteiger partial charge in [-0.2, -0.15) is 11.8 Å². The van der Waals surface area contributed by atoms with Crippen molar-refractivity contribution in [3.63, 3.8) is 0 Å². The van der Waals surface area contributed by atoms with E-state index in [4.69, 9.17) is 0 Å². The van der Waals surface area contributed by atoms with E-state index < -0.39 is 6.10 Å². The second-order valence-corrected chi connectivity index (χ2v) is 8.53. The van der Waals surface area contributed by atoms with E-state index in [1.165, 1.54) is 7.11 Å². The molecule has 0 heterocycles. The van der Waals surface area contributed by atoms with Crippen molar-refractivity contribution in [2.24, 2.45) is 5.92 Å². The van der Waals surface area contributed by atoms with Crippen molar-refractivity contribution in [2.45, 2.75) is 95.0 Å². The Labute approximate surface area is 162 Å². The fourth-order valence-corrected chi connectivity index (χ4v) is 4.95. The minimum Gasteiger partial charge on any atom is -0.469 e. The van der Waals surface area contributed by atoms with Crippen LogP contribution in [0.2, 0.25) is 0 Å². The van der Waals surface area contributed by atoms with Gasteiger partial charge in [0, 0.05) is 29.8 Å². The lowest BCUT2D eigenvalue weighted by Crippen LogP contribution is -2.26. The first-order valence-corrected chi connectivity index (χ1v) is 11.1. The number of carbonyl (C=O) groups is 2. The van der Waals surface area contributed by atoms with E-state index in [9.17, 15) is 19.8 Å². The average Bonchev–Trinajstić information content (AvgIpc) is 2.89. The van der Waals surface area contributed by atoms with Gasteiger partial charge in [-0.05, 0) is 19.3 Å². The van der Waals surface area contributed by atoms with E-state index >= 15 is 0 Å². The van der Waals surface area contributed by atoms with E-state index in [-0.39, 0.29) is 35.4 Å². The molecule has 152 valence electrons. The predicted molar refractivity (Wildman–Crippen MR) is 105 cm³/mol. The average molecular weight is 389 g/mol. The maximum atomic E-state index is 12.2. The molecule has 0 amide bonds. The number of ether oxygens (including phenoxy) is 1. The number of carbonyl (C=O) groups excluding carboxylic acids is 2. The summed E-state index contributed by atoms with van der Waals surface area (Å²) in [5, 5.41) is 20.2. The molecule has 0 saturated heterocycles. The van der Waals surface area contributed by atoms with Gasteiger partial charge in [-0.25, -0.2) is 0 Å². The van der Waals surface area contributed by atoms with Crippen LogP contribution in [0.4, 0.5) is 0 Å². The summed E-state index contributed by atoms with van der Waals surface area (Å²) in [6.07, 6.45) is 8.31. The van der Waals surface area contributed by atoms with Crippen LogP contribution in [0.25, 0.3) is 0 Å². The predicted octanol–water partition coefficient (Wildman–Crippen LogP) is 3.49. The first kappa shape index (κ1) is 23.4. The molecule has 0 aromatic rings. The Morgan fingerprint density at radius 3 is 2.65 bits per heavy atom. The molecule has 5 nitrogen and oxygen atoms in total. The highest BCUT2D eigenvalue weighted by Crippen LogP contribution is 2.36. The minimum absolute atomic E-state index is 0.0848. The monoisotopic (exact) mass is 388 g/mol. The van der Waals surface area contributed by atoms with Crippen LogP contribution in [-0.4, -0.2) is 52.3 Å². The summed E-state index contributed by atoms with van der Waals surface area (Å²) in [5.74, 6) is 0.477. The summed E-state index contributed by atoms with van der Waals surface area (Å²) >= 11 is 1.56. The normalized spacial score (nSPS) is 24.0. The zero-order valence-electron chi connectivity index (χ0n) is 16.3. The summed E-state index contributed by atoms with van der Waals surface area (Å²) < 4.78 is 4.62. The third-order valence-electron chi connectivity index (χ3n) is 5.10. The van der Waals surface area contributed by atoms with Crippen LogP contribution in [0, 0.1) is 5.92 Å². The SMILES string of the molecule is CCCCCC(O)CS[C@H]1C(O)CC(=O)[C@@H]1CCCCCCC(=O)OC. The molecule has 4 atom stereocenters. The number of rotatable bonds is 14. The Bertz CT molecular complexity index is 415. The number of aliphatic hydroxyl groups is 2. The van der Waals surface area contributed by atoms with Crippen molar-refractivity contribution in [2.75, 3.05) is 12.9 Å². The molecule has 6 heteroatoms. The van der Waals surface area contributed by atoms with Crippen molar-refractivity contribution in [3.8, 4) is 0 Å². The summed E-state index contributed by atoms with van der Waals surface area (Å²) in [4.78, 5) is 23.3. The lowest BCUT2D eigenvalue weighted by molar-refractivity contribution is -0.140. The van der Waals surface area contributed by atoms with Gasteiger partial charge in [0.25, 0.3) is 0 Å².